The lowest BCUT2D eigenvalue weighted by Crippen LogP contribution is -2.34. The van der Waals surface area contributed by atoms with Crippen LogP contribution in [0.1, 0.15) is 10.8 Å². The highest BCUT2D eigenvalue weighted by atomic mass is 32.1. The van der Waals surface area contributed by atoms with Gasteiger partial charge in [-0.15, -0.1) is 11.3 Å². The van der Waals surface area contributed by atoms with Crippen molar-refractivity contribution in [2.45, 2.75) is 5.92 Å². The molecular weight excluding hydrogens is 264 g/mol. The average Bonchev–Trinajstić information content (AvgIpc) is 2.94. The number of amides is 1. The molecule has 0 spiro atoms. The van der Waals surface area contributed by atoms with E-state index in [1.807, 2.05) is 24.6 Å². The Morgan fingerprint density at radius 1 is 1.53 bits per heavy atom. The summed E-state index contributed by atoms with van der Waals surface area (Å²) in [7, 11) is 3.12. The number of ether oxygens (including phenoxy) is 1. The minimum Gasteiger partial charge on any atom is -0.466 e. The molecule has 0 radical (unpaired) electrons. The molecule has 1 aromatic heterocycles. The molecule has 0 bridgehead atoms. The predicted molar refractivity (Wildman–Crippen MR) is 75.2 cm³/mol. The van der Waals surface area contributed by atoms with E-state index in [0.29, 0.717) is 13.1 Å². The summed E-state index contributed by atoms with van der Waals surface area (Å²) in [4.78, 5) is 23.9. The van der Waals surface area contributed by atoms with Crippen molar-refractivity contribution in [3.63, 3.8) is 0 Å². The number of rotatable bonds is 7. The van der Waals surface area contributed by atoms with Crippen LogP contribution in [0.2, 0.25) is 0 Å². The highest BCUT2D eigenvalue weighted by molar-refractivity contribution is 7.10. The molecular formula is C13H18N2O3S. The monoisotopic (exact) mass is 282 g/mol. The number of nitrogens with one attached hydrogen (secondary N) is 2. The van der Waals surface area contributed by atoms with E-state index in [9.17, 15) is 9.59 Å². The second kappa shape index (κ2) is 8.44. The first-order valence-electron chi connectivity index (χ1n) is 5.89. The van der Waals surface area contributed by atoms with E-state index in [1.165, 1.54) is 13.2 Å². The maximum absolute atomic E-state index is 12.1. The fourth-order valence-electron chi connectivity index (χ4n) is 1.52. The fraction of sp³-hybridized carbons (Fsp3) is 0.385. The normalized spacial score (nSPS) is 12.3. The maximum Gasteiger partial charge on any atom is 0.330 e. The van der Waals surface area contributed by atoms with Crippen molar-refractivity contribution in [1.82, 2.24) is 10.6 Å². The van der Waals surface area contributed by atoms with Gasteiger partial charge >= 0.3 is 5.97 Å². The first kappa shape index (κ1) is 15.4. The molecule has 0 aliphatic carbocycles. The van der Waals surface area contributed by atoms with Crippen molar-refractivity contribution in [2.75, 3.05) is 27.2 Å². The van der Waals surface area contributed by atoms with E-state index < -0.39 is 5.97 Å². The second-order valence-electron chi connectivity index (χ2n) is 3.80. The van der Waals surface area contributed by atoms with Crippen LogP contribution in [0.15, 0.2) is 29.7 Å². The highest BCUT2D eigenvalue weighted by Crippen LogP contribution is 2.20. The number of carbonyl (C=O) groups is 2. The van der Waals surface area contributed by atoms with E-state index >= 15 is 0 Å². The van der Waals surface area contributed by atoms with Crippen LogP contribution in [0.3, 0.4) is 0 Å². The van der Waals surface area contributed by atoms with Gasteiger partial charge in [0.2, 0.25) is 5.91 Å². The molecule has 0 saturated carbocycles. The Hall–Kier alpha value is -1.66. The lowest BCUT2D eigenvalue weighted by Gasteiger charge is -2.14. The zero-order chi connectivity index (χ0) is 14.1. The summed E-state index contributed by atoms with van der Waals surface area (Å²) in [6.07, 6.45) is 2.85. The van der Waals surface area contributed by atoms with E-state index in [1.54, 1.807) is 17.4 Å². The molecule has 0 aliphatic rings. The Morgan fingerprint density at radius 2 is 2.32 bits per heavy atom. The number of methoxy groups -OCH3 is 1. The number of esters is 1. The number of thiophene rings is 1. The van der Waals surface area contributed by atoms with Gasteiger partial charge < -0.3 is 15.4 Å². The Balaban J connectivity index is 2.49. The van der Waals surface area contributed by atoms with Gasteiger partial charge in [-0.1, -0.05) is 12.1 Å². The third kappa shape index (κ3) is 5.23. The third-order valence-corrected chi connectivity index (χ3v) is 3.45. The molecule has 6 heteroatoms. The Morgan fingerprint density at radius 3 is 2.89 bits per heavy atom. The van der Waals surface area contributed by atoms with Crippen LogP contribution >= 0.6 is 11.3 Å². The summed E-state index contributed by atoms with van der Waals surface area (Å²) in [6.45, 7) is 0.882. The summed E-state index contributed by atoms with van der Waals surface area (Å²) < 4.78 is 4.46. The maximum atomic E-state index is 12.1. The molecule has 0 fully saturated rings. The number of likely N-dealkylation sites (N-methyl/N-ethyl adjacent to an activating group) is 1. The summed E-state index contributed by atoms with van der Waals surface area (Å²) in [5.41, 5.74) is 0. The van der Waals surface area contributed by atoms with Crippen molar-refractivity contribution in [3.8, 4) is 0 Å². The van der Waals surface area contributed by atoms with E-state index in [2.05, 4.69) is 15.4 Å². The lowest BCUT2D eigenvalue weighted by molar-refractivity contribution is -0.134. The average molecular weight is 282 g/mol. The molecule has 5 nitrogen and oxygen atoms in total. The van der Waals surface area contributed by atoms with E-state index in [-0.39, 0.29) is 11.8 Å². The lowest BCUT2D eigenvalue weighted by atomic mass is 10.1. The SMILES string of the molecule is CNCC(C(=O)NC/C=C/C(=O)OC)c1cccs1. The van der Waals surface area contributed by atoms with Gasteiger partial charge in [-0.05, 0) is 18.5 Å². The summed E-state index contributed by atoms with van der Waals surface area (Å²) in [6, 6.07) is 3.86. The quantitative estimate of drug-likeness (QED) is 0.576. The Bertz CT molecular complexity index is 429. The van der Waals surface area contributed by atoms with Crippen molar-refractivity contribution in [3.05, 3.63) is 34.5 Å². The number of hydrogen-bond donors (Lipinski definition) is 2. The third-order valence-electron chi connectivity index (χ3n) is 2.46. The molecule has 1 aromatic rings. The van der Waals surface area contributed by atoms with Gasteiger partial charge in [-0.3, -0.25) is 4.79 Å². The van der Waals surface area contributed by atoms with Crippen molar-refractivity contribution < 1.29 is 14.3 Å². The number of carbonyl (C=O) groups excluding carboxylic acids is 2. The topological polar surface area (TPSA) is 67.4 Å². The minimum absolute atomic E-state index is 0.0636. The molecule has 104 valence electrons. The highest BCUT2D eigenvalue weighted by Gasteiger charge is 2.19. The zero-order valence-corrected chi connectivity index (χ0v) is 11.8. The Labute approximate surface area is 116 Å². The molecule has 1 heterocycles. The van der Waals surface area contributed by atoms with Crippen LogP contribution in [-0.2, 0) is 14.3 Å². The number of hydrogen-bond acceptors (Lipinski definition) is 5. The molecule has 1 atom stereocenters. The molecule has 0 aromatic carbocycles. The van der Waals surface area contributed by atoms with Gasteiger partial charge in [-0.25, -0.2) is 4.79 Å². The smallest absolute Gasteiger partial charge is 0.330 e. The molecule has 1 rings (SSSR count). The van der Waals surface area contributed by atoms with Gasteiger partial charge in [0.1, 0.15) is 0 Å². The van der Waals surface area contributed by atoms with Crippen LogP contribution in [0, 0.1) is 0 Å². The van der Waals surface area contributed by atoms with Crippen molar-refractivity contribution >= 4 is 23.2 Å². The first-order chi connectivity index (χ1) is 9.19. The summed E-state index contributed by atoms with van der Waals surface area (Å²) >= 11 is 1.55. The fourth-order valence-corrected chi connectivity index (χ4v) is 2.35. The van der Waals surface area contributed by atoms with Gasteiger partial charge in [0.25, 0.3) is 0 Å². The van der Waals surface area contributed by atoms with Gasteiger partial charge in [-0.2, -0.15) is 0 Å². The molecule has 0 saturated heterocycles. The van der Waals surface area contributed by atoms with Crippen LogP contribution in [0.25, 0.3) is 0 Å². The zero-order valence-electron chi connectivity index (χ0n) is 11.0. The molecule has 2 N–H and O–H groups in total. The van der Waals surface area contributed by atoms with Gasteiger partial charge in [0.15, 0.2) is 0 Å². The predicted octanol–water partition coefficient (Wildman–Crippen LogP) is 0.897. The molecule has 1 amide bonds. The van der Waals surface area contributed by atoms with Gasteiger partial charge in [0, 0.05) is 24.0 Å². The van der Waals surface area contributed by atoms with E-state index in [0.717, 1.165) is 4.88 Å². The summed E-state index contributed by atoms with van der Waals surface area (Å²) in [5, 5.41) is 7.72. The van der Waals surface area contributed by atoms with Crippen LogP contribution in [-0.4, -0.2) is 39.1 Å². The van der Waals surface area contributed by atoms with E-state index in [4.69, 9.17) is 0 Å². The first-order valence-corrected chi connectivity index (χ1v) is 6.77. The van der Waals surface area contributed by atoms with Crippen molar-refractivity contribution in [1.29, 1.82) is 0 Å². The molecule has 1 unspecified atom stereocenters. The van der Waals surface area contributed by atoms with Crippen molar-refractivity contribution in [2.24, 2.45) is 0 Å². The van der Waals surface area contributed by atoms with Crippen LogP contribution < -0.4 is 10.6 Å². The van der Waals surface area contributed by atoms with Crippen LogP contribution in [0.4, 0.5) is 0 Å². The summed E-state index contributed by atoms with van der Waals surface area (Å²) in [5.74, 6) is -0.706. The van der Waals surface area contributed by atoms with Gasteiger partial charge in [0.05, 0.1) is 13.0 Å². The standard InChI is InChI=1S/C13H18N2O3S/c1-14-9-10(11-5-4-8-19-11)13(17)15-7-3-6-12(16)18-2/h3-6,8,10,14H,7,9H2,1-2H3,(H,15,17)/b6-3+. The second-order valence-corrected chi connectivity index (χ2v) is 4.78. The molecule has 19 heavy (non-hydrogen) atoms. The largest absolute Gasteiger partial charge is 0.466 e. The minimum atomic E-state index is -0.431. The molecule has 0 aliphatic heterocycles. The van der Waals surface area contributed by atoms with Crippen LogP contribution in [0.5, 0.6) is 0 Å². The Kier molecular flexibility index (Phi) is 6.84.